The van der Waals surface area contributed by atoms with Gasteiger partial charge in [-0.3, -0.25) is 10.1 Å². The van der Waals surface area contributed by atoms with Gasteiger partial charge in [-0.25, -0.2) is 4.79 Å². The number of carbonyl (C=O) groups is 2. The average Bonchev–Trinajstić information content (AvgIpc) is 2.06. The van der Waals surface area contributed by atoms with Gasteiger partial charge < -0.3 is 4.90 Å². The van der Waals surface area contributed by atoms with Crippen LogP contribution in [0, 0.1) is 11.3 Å². The van der Waals surface area contributed by atoms with Crippen LogP contribution in [0.3, 0.4) is 0 Å². The quantitative estimate of drug-likeness (QED) is 0.691. The highest BCUT2D eigenvalue weighted by Gasteiger charge is 2.11. The fraction of sp³-hybridized carbons (Fsp3) is 0.625. The molecule has 72 valence electrons. The van der Waals surface area contributed by atoms with Crippen molar-refractivity contribution in [1.29, 1.82) is 5.26 Å². The minimum atomic E-state index is -0.556. The lowest BCUT2D eigenvalue weighted by molar-refractivity contribution is -0.119. The van der Waals surface area contributed by atoms with Gasteiger partial charge in [-0.2, -0.15) is 5.26 Å². The monoisotopic (exact) mass is 183 g/mol. The second kappa shape index (κ2) is 6.00. The molecule has 1 N–H and O–H groups in total. The average molecular weight is 183 g/mol. The summed E-state index contributed by atoms with van der Waals surface area (Å²) in [5, 5.41) is 10.3. The first-order valence-electron chi connectivity index (χ1n) is 4.11. The van der Waals surface area contributed by atoms with E-state index in [4.69, 9.17) is 5.26 Å². The number of urea groups is 1. The molecule has 0 aliphatic rings. The summed E-state index contributed by atoms with van der Waals surface area (Å²) in [5.74, 6) is -0.556. The van der Waals surface area contributed by atoms with E-state index in [2.05, 4.69) is 5.32 Å². The van der Waals surface area contributed by atoms with Crippen molar-refractivity contribution in [2.45, 2.75) is 20.3 Å². The molecule has 0 saturated heterocycles. The number of imide groups is 1. The summed E-state index contributed by atoms with van der Waals surface area (Å²) in [7, 11) is 0. The lowest BCUT2D eigenvalue weighted by Crippen LogP contribution is -2.42. The molecule has 0 saturated carbocycles. The molecule has 0 aromatic rings. The van der Waals surface area contributed by atoms with Crippen LogP contribution >= 0.6 is 0 Å². The number of carbonyl (C=O) groups excluding carboxylic acids is 2. The Morgan fingerprint density at radius 2 is 1.92 bits per heavy atom. The molecule has 0 aliphatic carbocycles. The molecule has 0 bridgehead atoms. The zero-order chi connectivity index (χ0) is 10.3. The van der Waals surface area contributed by atoms with Gasteiger partial charge >= 0.3 is 6.03 Å². The first kappa shape index (κ1) is 11.4. The molecule has 0 aromatic heterocycles. The van der Waals surface area contributed by atoms with Crippen molar-refractivity contribution >= 4 is 11.9 Å². The van der Waals surface area contributed by atoms with Crippen molar-refractivity contribution in [3.8, 4) is 6.07 Å². The van der Waals surface area contributed by atoms with E-state index in [1.807, 2.05) is 13.8 Å². The summed E-state index contributed by atoms with van der Waals surface area (Å²) >= 11 is 0. The Kier molecular flexibility index (Phi) is 5.28. The molecule has 0 rings (SSSR count). The van der Waals surface area contributed by atoms with E-state index in [0.717, 1.165) is 0 Å². The molecule has 0 atom stereocenters. The molecule has 13 heavy (non-hydrogen) atoms. The minimum Gasteiger partial charge on any atom is -0.325 e. The molecule has 0 heterocycles. The van der Waals surface area contributed by atoms with Crippen LogP contribution in [-0.4, -0.2) is 29.9 Å². The Morgan fingerprint density at radius 1 is 1.38 bits per heavy atom. The van der Waals surface area contributed by atoms with Gasteiger partial charge in [-0.15, -0.1) is 0 Å². The van der Waals surface area contributed by atoms with Crippen LogP contribution < -0.4 is 5.32 Å². The van der Waals surface area contributed by atoms with Gasteiger partial charge in [0.1, 0.15) is 6.42 Å². The maximum absolute atomic E-state index is 11.2. The SMILES string of the molecule is CCN(CC)C(=O)NC(=O)CC#N. The summed E-state index contributed by atoms with van der Waals surface area (Å²) in [5.41, 5.74) is 0. The molecular formula is C8H13N3O2. The summed E-state index contributed by atoms with van der Waals surface area (Å²) in [6, 6.07) is 1.23. The van der Waals surface area contributed by atoms with Gasteiger partial charge in [0, 0.05) is 13.1 Å². The van der Waals surface area contributed by atoms with E-state index in [9.17, 15) is 9.59 Å². The number of nitrogens with one attached hydrogen (secondary N) is 1. The van der Waals surface area contributed by atoms with Gasteiger partial charge in [-0.05, 0) is 13.8 Å². The highest BCUT2D eigenvalue weighted by molar-refractivity contribution is 5.95. The third kappa shape index (κ3) is 4.11. The topological polar surface area (TPSA) is 73.2 Å². The maximum Gasteiger partial charge on any atom is 0.324 e. The Bertz CT molecular complexity index is 228. The van der Waals surface area contributed by atoms with Gasteiger partial charge in [0.25, 0.3) is 0 Å². The number of nitrogens with zero attached hydrogens (tertiary/aromatic N) is 2. The van der Waals surface area contributed by atoms with Crippen LogP contribution in [-0.2, 0) is 4.79 Å². The second-order valence-corrected chi connectivity index (χ2v) is 2.36. The molecule has 0 aromatic carbocycles. The zero-order valence-corrected chi connectivity index (χ0v) is 7.83. The number of hydrogen-bond donors (Lipinski definition) is 1. The second-order valence-electron chi connectivity index (χ2n) is 2.36. The van der Waals surface area contributed by atoms with Crippen molar-refractivity contribution in [2.24, 2.45) is 0 Å². The molecular weight excluding hydrogens is 170 g/mol. The predicted molar refractivity (Wildman–Crippen MR) is 46.7 cm³/mol. The van der Waals surface area contributed by atoms with E-state index in [0.29, 0.717) is 13.1 Å². The van der Waals surface area contributed by atoms with E-state index in [1.165, 1.54) is 4.90 Å². The highest BCUT2D eigenvalue weighted by atomic mass is 16.2. The van der Waals surface area contributed by atoms with Gasteiger partial charge in [0.15, 0.2) is 0 Å². The van der Waals surface area contributed by atoms with Crippen LogP contribution in [0.5, 0.6) is 0 Å². The smallest absolute Gasteiger partial charge is 0.324 e. The fourth-order valence-electron chi connectivity index (χ4n) is 0.825. The van der Waals surface area contributed by atoms with Crippen LogP contribution in [0.1, 0.15) is 20.3 Å². The van der Waals surface area contributed by atoms with Crippen molar-refractivity contribution in [3.63, 3.8) is 0 Å². The summed E-state index contributed by atoms with van der Waals surface area (Å²) in [6.07, 6.45) is -0.285. The molecule has 5 heteroatoms. The highest BCUT2D eigenvalue weighted by Crippen LogP contribution is 1.88. The summed E-state index contributed by atoms with van der Waals surface area (Å²) < 4.78 is 0. The summed E-state index contributed by atoms with van der Waals surface area (Å²) in [4.78, 5) is 23.5. The van der Waals surface area contributed by atoms with Crippen LogP contribution in [0.4, 0.5) is 4.79 Å². The molecule has 0 radical (unpaired) electrons. The third-order valence-electron chi connectivity index (χ3n) is 1.54. The molecule has 0 unspecified atom stereocenters. The first-order valence-corrected chi connectivity index (χ1v) is 4.11. The van der Waals surface area contributed by atoms with E-state index < -0.39 is 11.9 Å². The van der Waals surface area contributed by atoms with E-state index >= 15 is 0 Å². The van der Waals surface area contributed by atoms with Crippen LogP contribution in [0.25, 0.3) is 0 Å². The predicted octanol–water partition coefficient (Wildman–Crippen LogP) is 0.478. The van der Waals surface area contributed by atoms with Gasteiger partial charge in [-0.1, -0.05) is 0 Å². The van der Waals surface area contributed by atoms with E-state index in [1.54, 1.807) is 6.07 Å². The van der Waals surface area contributed by atoms with Crippen molar-refractivity contribution in [2.75, 3.05) is 13.1 Å². The summed E-state index contributed by atoms with van der Waals surface area (Å²) in [6.45, 7) is 4.72. The lowest BCUT2D eigenvalue weighted by atomic mass is 10.4. The van der Waals surface area contributed by atoms with Crippen molar-refractivity contribution in [3.05, 3.63) is 0 Å². The Labute approximate surface area is 77.3 Å². The fourth-order valence-corrected chi connectivity index (χ4v) is 0.825. The molecule has 0 spiro atoms. The molecule has 0 fully saturated rings. The minimum absolute atomic E-state index is 0.285. The maximum atomic E-state index is 11.2. The third-order valence-corrected chi connectivity index (χ3v) is 1.54. The lowest BCUT2D eigenvalue weighted by Gasteiger charge is -2.17. The Morgan fingerprint density at radius 3 is 2.31 bits per heavy atom. The Hall–Kier alpha value is -1.57. The number of nitriles is 1. The zero-order valence-electron chi connectivity index (χ0n) is 7.83. The van der Waals surface area contributed by atoms with Crippen LogP contribution in [0.2, 0.25) is 0 Å². The van der Waals surface area contributed by atoms with Crippen LogP contribution in [0.15, 0.2) is 0 Å². The standard InChI is InChI=1S/C8H13N3O2/c1-3-11(4-2)8(13)10-7(12)5-6-9/h3-5H2,1-2H3,(H,10,12,13). The normalized spacial score (nSPS) is 8.69. The molecule has 5 nitrogen and oxygen atoms in total. The number of hydrogen-bond acceptors (Lipinski definition) is 3. The van der Waals surface area contributed by atoms with Crippen molar-refractivity contribution in [1.82, 2.24) is 10.2 Å². The van der Waals surface area contributed by atoms with Gasteiger partial charge in [0.05, 0.1) is 6.07 Å². The Balaban J connectivity index is 3.99. The number of amides is 3. The molecule has 0 aliphatic heterocycles. The molecule has 3 amide bonds. The number of rotatable bonds is 3. The first-order chi connectivity index (χ1) is 6.15. The largest absolute Gasteiger partial charge is 0.325 e. The van der Waals surface area contributed by atoms with Gasteiger partial charge in [0.2, 0.25) is 5.91 Å². The van der Waals surface area contributed by atoms with E-state index in [-0.39, 0.29) is 6.42 Å². The van der Waals surface area contributed by atoms with Crippen molar-refractivity contribution < 1.29 is 9.59 Å².